The molecule has 0 radical (unpaired) electrons. The maximum atomic E-state index is 12.5. The molecule has 1 aliphatic heterocycles. The van der Waals surface area contributed by atoms with Crippen LogP contribution in [-0.2, 0) is 11.3 Å². The number of hydrogen-bond acceptors (Lipinski definition) is 6. The Labute approximate surface area is 189 Å². The highest BCUT2D eigenvalue weighted by atomic mass is 79.9. The highest BCUT2D eigenvalue weighted by Crippen LogP contribution is 2.36. The van der Waals surface area contributed by atoms with Gasteiger partial charge in [0.25, 0.3) is 0 Å². The zero-order valence-corrected chi connectivity index (χ0v) is 19.1. The number of rotatable bonds is 8. The maximum Gasteiger partial charge on any atom is 0.249 e. The van der Waals surface area contributed by atoms with E-state index in [4.69, 9.17) is 14.0 Å². The van der Waals surface area contributed by atoms with Crippen molar-refractivity contribution in [1.82, 2.24) is 15.0 Å². The van der Waals surface area contributed by atoms with Crippen molar-refractivity contribution in [3.63, 3.8) is 0 Å². The first-order valence-corrected chi connectivity index (χ1v) is 11.1. The Kier molecular flexibility index (Phi) is 6.56. The lowest BCUT2D eigenvalue weighted by Gasteiger charge is -2.22. The first-order valence-electron chi connectivity index (χ1n) is 10.3. The molecule has 162 valence electrons. The predicted molar refractivity (Wildman–Crippen MR) is 119 cm³/mol. The van der Waals surface area contributed by atoms with Crippen LogP contribution in [0.3, 0.4) is 0 Å². The molecule has 1 saturated heterocycles. The number of halogens is 1. The van der Waals surface area contributed by atoms with Gasteiger partial charge in [0, 0.05) is 23.0 Å². The molecule has 2 heterocycles. The van der Waals surface area contributed by atoms with Gasteiger partial charge in [0.1, 0.15) is 6.04 Å². The molecule has 31 heavy (non-hydrogen) atoms. The molecular weight excluding hydrogens is 462 g/mol. The van der Waals surface area contributed by atoms with Gasteiger partial charge in [-0.05, 0) is 48.7 Å². The van der Waals surface area contributed by atoms with E-state index in [0.717, 1.165) is 22.0 Å². The lowest BCUT2D eigenvalue weighted by atomic mass is 10.1. The fourth-order valence-corrected chi connectivity index (χ4v) is 3.87. The van der Waals surface area contributed by atoms with Crippen molar-refractivity contribution < 1.29 is 18.8 Å². The van der Waals surface area contributed by atoms with Gasteiger partial charge in [-0.15, -0.1) is 0 Å². The Morgan fingerprint density at radius 3 is 2.74 bits per heavy atom. The van der Waals surface area contributed by atoms with Gasteiger partial charge in [-0.3, -0.25) is 4.79 Å². The van der Waals surface area contributed by atoms with Crippen molar-refractivity contribution in [3.05, 3.63) is 58.4 Å². The molecule has 1 amide bonds. The van der Waals surface area contributed by atoms with E-state index in [0.29, 0.717) is 49.2 Å². The normalized spacial score (nSPS) is 16.0. The first kappa shape index (κ1) is 21.4. The summed E-state index contributed by atoms with van der Waals surface area (Å²) in [6.07, 6.45) is 2.04. The van der Waals surface area contributed by atoms with E-state index in [1.807, 2.05) is 47.4 Å². The van der Waals surface area contributed by atoms with Crippen LogP contribution in [0, 0.1) is 0 Å². The number of carbonyl (C=O) groups is 1. The van der Waals surface area contributed by atoms with E-state index in [-0.39, 0.29) is 11.9 Å². The van der Waals surface area contributed by atoms with Crippen LogP contribution in [0.2, 0.25) is 0 Å². The van der Waals surface area contributed by atoms with Crippen LogP contribution in [0.5, 0.6) is 11.5 Å². The maximum absolute atomic E-state index is 12.5. The monoisotopic (exact) mass is 485 g/mol. The molecule has 0 aliphatic carbocycles. The molecule has 2 aromatic carbocycles. The van der Waals surface area contributed by atoms with Crippen LogP contribution in [0.4, 0.5) is 0 Å². The molecule has 0 bridgehead atoms. The standard InChI is InChI=1S/C23H24BrN3O4/c1-3-12-30-19-10-6-16(13-20(19)29-2)22-25-23(31-26-22)18-9-11-21(28)27(18)14-15-4-7-17(24)8-5-15/h4-8,10,13,18H,3,9,11-12,14H2,1-2H3. The summed E-state index contributed by atoms with van der Waals surface area (Å²) < 4.78 is 17.7. The third-order valence-electron chi connectivity index (χ3n) is 5.20. The smallest absolute Gasteiger partial charge is 0.249 e. The molecule has 1 aliphatic rings. The lowest BCUT2D eigenvalue weighted by molar-refractivity contribution is -0.129. The molecule has 4 rings (SSSR count). The van der Waals surface area contributed by atoms with Crippen molar-refractivity contribution in [2.45, 2.75) is 38.8 Å². The first-order chi connectivity index (χ1) is 15.1. The fourth-order valence-electron chi connectivity index (χ4n) is 3.60. The Hall–Kier alpha value is -2.87. The minimum Gasteiger partial charge on any atom is -0.493 e. The zero-order chi connectivity index (χ0) is 21.8. The van der Waals surface area contributed by atoms with Crippen LogP contribution in [-0.4, -0.2) is 34.7 Å². The van der Waals surface area contributed by atoms with E-state index >= 15 is 0 Å². The Morgan fingerprint density at radius 1 is 1.19 bits per heavy atom. The largest absolute Gasteiger partial charge is 0.493 e. The zero-order valence-electron chi connectivity index (χ0n) is 17.5. The van der Waals surface area contributed by atoms with Gasteiger partial charge in [-0.1, -0.05) is 40.1 Å². The number of carbonyl (C=O) groups excluding carboxylic acids is 1. The molecule has 0 N–H and O–H groups in total. The van der Waals surface area contributed by atoms with Gasteiger partial charge in [-0.25, -0.2) is 0 Å². The second-order valence-electron chi connectivity index (χ2n) is 7.37. The number of likely N-dealkylation sites (tertiary alicyclic amines) is 1. The summed E-state index contributed by atoms with van der Waals surface area (Å²) in [5, 5.41) is 4.15. The van der Waals surface area contributed by atoms with E-state index in [1.54, 1.807) is 7.11 Å². The van der Waals surface area contributed by atoms with Crippen molar-refractivity contribution in [1.29, 1.82) is 0 Å². The average molecular weight is 486 g/mol. The van der Waals surface area contributed by atoms with Crippen molar-refractivity contribution in [2.75, 3.05) is 13.7 Å². The summed E-state index contributed by atoms with van der Waals surface area (Å²) in [4.78, 5) is 18.9. The van der Waals surface area contributed by atoms with Crippen LogP contribution >= 0.6 is 15.9 Å². The molecule has 0 spiro atoms. The van der Waals surface area contributed by atoms with E-state index in [2.05, 4.69) is 33.0 Å². The van der Waals surface area contributed by atoms with Gasteiger partial charge in [0.05, 0.1) is 13.7 Å². The van der Waals surface area contributed by atoms with Crippen LogP contribution < -0.4 is 9.47 Å². The highest BCUT2D eigenvalue weighted by Gasteiger charge is 2.36. The third kappa shape index (κ3) is 4.74. The molecule has 1 aromatic heterocycles. The molecule has 8 heteroatoms. The third-order valence-corrected chi connectivity index (χ3v) is 5.73. The molecular formula is C23H24BrN3O4. The van der Waals surface area contributed by atoms with Gasteiger partial charge < -0.3 is 18.9 Å². The molecule has 3 aromatic rings. The molecule has 1 atom stereocenters. The molecule has 7 nitrogen and oxygen atoms in total. The van der Waals surface area contributed by atoms with Crippen LogP contribution in [0.1, 0.15) is 43.7 Å². The van der Waals surface area contributed by atoms with E-state index < -0.39 is 0 Å². The second-order valence-corrected chi connectivity index (χ2v) is 8.29. The number of aromatic nitrogens is 2. The van der Waals surface area contributed by atoms with Gasteiger partial charge in [0.15, 0.2) is 11.5 Å². The summed E-state index contributed by atoms with van der Waals surface area (Å²) >= 11 is 3.44. The Morgan fingerprint density at radius 2 is 2.00 bits per heavy atom. The summed E-state index contributed by atoms with van der Waals surface area (Å²) in [7, 11) is 1.60. The predicted octanol–water partition coefficient (Wildman–Crippen LogP) is 5.16. The quantitative estimate of drug-likeness (QED) is 0.438. The number of amides is 1. The summed E-state index contributed by atoms with van der Waals surface area (Å²) in [6, 6.07) is 13.3. The van der Waals surface area contributed by atoms with E-state index in [9.17, 15) is 4.79 Å². The minimum absolute atomic E-state index is 0.0896. The van der Waals surface area contributed by atoms with Crippen LogP contribution in [0.15, 0.2) is 51.5 Å². The Bertz CT molecular complexity index is 1050. The van der Waals surface area contributed by atoms with Crippen molar-refractivity contribution in [3.8, 4) is 22.9 Å². The van der Waals surface area contributed by atoms with Gasteiger partial charge >= 0.3 is 0 Å². The topological polar surface area (TPSA) is 77.7 Å². The summed E-state index contributed by atoms with van der Waals surface area (Å²) in [5.41, 5.74) is 1.81. The average Bonchev–Trinajstić information content (AvgIpc) is 3.41. The number of benzene rings is 2. The summed E-state index contributed by atoms with van der Waals surface area (Å²) in [6.45, 7) is 3.17. The number of hydrogen-bond donors (Lipinski definition) is 0. The van der Waals surface area contributed by atoms with Gasteiger partial charge in [0.2, 0.25) is 17.6 Å². The number of nitrogens with zero attached hydrogens (tertiary/aromatic N) is 3. The van der Waals surface area contributed by atoms with Crippen molar-refractivity contribution >= 4 is 21.8 Å². The summed E-state index contributed by atoms with van der Waals surface area (Å²) in [5.74, 6) is 2.29. The van der Waals surface area contributed by atoms with Crippen LogP contribution in [0.25, 0.3) is 11.4 Å². The molecule has 1 fully saturated rings. The van der Waals surface area contributed by atoms with Crippen molar-refractivity contribution in [2.24, 2.45) is 0 Å². The van der Waals surface area contributed by atoms with Gasteiger partial charge in [-0.2, -0.15) is 4.98 Å². The highest BCUT2D eigenvalue weighted by molar-refractivity contribution is 9.10. The SMILES string of the molecule is CCCOc1ccc(-c2noc(C3CCC(=O)N3Cc3ccc(Br)cc3)n2)cc1OC. The Balaban J connectivity index is 1.54. The number of ether oxygens (including phenoxy) is 2. The number of methoxy groups -OCH3 is 1. The fraction of sp³-hybridized carbons (Fsp3) is 0.348. The second kappa shape index (κ2) is 9.51. The lowest BCUT2D eigenvalue weighted by Crippen LogP contribution is -2.27. The minimum atomic E-state index is -0.230. The molecule has 1 unspecified atom stereocenters. The molecule has 0 saturated carbocycles. The van der Waals surface area contributed by atoms with E-state index in [1.165, 1.54) is 0 Å².